The van der Waals surface area contributed by atoms with Gasteiger partial charge in [-0.3, -0.25) is 0 Å². The molecule has 0 N–H and O–H groups in total. The zero-order valence-corrected chi connectivity index (χ0v) is 8.25. The van der Waals surface area contributed by atoms with Crippen LogP contribution < -0.4 is 9.47 Å². The van der Waals surface area contributed by atoms with Gasteiger partial charge in [0.15, 0.2) is 11.5 Å². The molecular formula is C10H9F2NO2. The van der Waals surface area contributed by atoms with Crippen LogP contribution in [-0.4, -0.2) is 14.2 Å². The highest BCUT2D eigenvalue weighted by atomic mass is 19.3. The van der Waals surface area contributed by atoms with Crippen molar-refractivity contribution in [2.45, 2.75) is 6.43 Å². The largest absolute Gasteiger partial charge is 0.493 e. The van der Waals surface area contributed by atoms with Crippen LogP contribution in [0.15, 0.2) is 12.1 Å². The van der Waals surface area contributed by atoms with Crippen molar-refractivity contribution in [1.82, 2.24) is 0 Å². The molecule has 0 atom stereocenters. The van der Waals surface area contributed by atoms with Crippen molar-refractivity contribution in [2.75, 3.05) is 14.2 Å². The number of benzene rings is 1. The molecule has 0 aliphatic heterocycles. The van der Waals surface area contributed by atoms with E-state index in [1.54, 1.807) is 6.07 Å². The molecular weight excluding hydrogens is 204 g/mol. The molecule has 1 aromatic carbocycles. The lowest BCUT2D eigenvalue weighted by atomic mass is 10.1. The molecule has 5 heteroatoms. The average molecular weight is 213 g/mol. The van der Waals surface area contributed by atoms with Gasteiger partial charge in [-0.25, -0.2) is 8.78 Å². The molecule has 3 nitrogen and oxygen atoms in total. The lowest BCUT2D eigenvalue weighted by Gasteiger charge is -2.12. The van der Waals surface area contributed by atoms with E-state index in [1.165, 1.54) is 20.3 Å². The van der Waals surface area contributed by atoms with Crippen LogP contribution in [0.4, 0.5) is 8.78 Å². The minimum Gasteiger partial charge on any atom is -0.493 e. The van der Waals surface area contributed by atoms with E-state index in [4.69, 9.17) is 14.7 Å². The Bertz CT molecular complexity index is 399. The normalized spacial score (nSPS) is 9.87. The summed E-state index contributed by atoms with van der Waals surface area (Å²) in [6.07, 6.45) is -2.71. The molecule has 0 heterocycles. The molecule has 0 unspecified atom stereocenters. The molecule has 0 fully saturated rings. The first-order valence-corrected chi connectivity index (χ1v) is 4.08. The predicted molar refractivity (Wildman–Crippen MR) is 49.2 cm³/mol. The highest BCUT2D eigenvalue weighted by molar-refractivity contribution is 5.53. The Morgan fingerprint density at radius 3 is 2.33 bits per heavy atom. The first-order chi connectivity index (χ1) is 7.13. The van der Waals surface area contributed by atoms with E-state index in [9.17, 15) is 8.78 Å². The lowest BCUT2D eigenvalue weighted by molar-refractivity contribution is 0.146. The molecule has 0 spiro atoms. The topological polar surface area (TPSA) is 42.2 Å². The Kier molecular flexibility index (Phi) is 3.45. The van der Waals surface area contributed by atoms with Gasteiger partial charge in [0.05, 0.1) is 31.4 Å². The van der Waals surface area contributed by atoms with Crippen molar-refractivity contribution >= 4 is 0 Å². The van der Waals surface area contributed by atoms with E-state index in [0.29, 0.717) is 0 Å². The SMILES string of the molecule is COc1cc(C#N)cc(C(F)F)c1OC. The zero-order chi connectivity index (χ0) is 11.4. The summed E-state index contributed by atoms with van der Waals surface area (Å²) in [7, 11) is 2.60. The first-order valence-electron chi connectivity index (χ1n) is 4.08. The lowest BCUT2D eigenvalue weighted by Crippen LogP contribution is -1.97. The molecule has 80 valence electrons. The maximum Gasteiger partial charge on any atom is 0.267 e. The van der Waals surface area contributed by atoms with Gasteiger partial charge in [-0.05, 0) is 6.07 Å². The Morgan fingerprint density at radius 2 is 1.93 bits per heavy atom. The molecule has 0 bridgehead atoms. The fourth-order valence-electron chi connectivity index (χ4n) is 1.22. The van der Waals surface area contributed by atoms with Crippen LogP contribution in [0, 0.1) is 11.3 Å². The van der Waals surface area contributed by atoms with Crippen molar-refractivity contribution in [3.05, 3.63) is 23.3 Å². The fourth-order valence-corrected chi connectivity index (χ4v) is 1.22. The smallest absolute Gasteiger partial charge is 0.267 e. The zero-order valence-electron chi connectivity index (χ0n) is 8.25. The average Bonchev–Trinajstić information content (AvgIpc) is 2.26. The summed E-state index contributed by atoms with van der Waals surface area (Å²) in [5.41, 5.74) is -0.226. The summed E-state index contributed by atoms with van der Waals surface area (Å²) in [5, 5.41) is 8.64. The van der Waals surface area contributed by atoms with E-state index in [1.807, 2.05) is 0 Å². The summed E-state index contributed by atoms with van der Waals surface area (Å²) in [6, 6.07) is 4.22. The number of nitrogens with zero attached hydrogens (tertiary/aromatic N) is 1. The molecule has 1 rings (SSSR count). The monoisotopic (exact) mass is 213 g/mol. The number of hydrogen-bond donors (Lipinski definition) is 0. The van der Waals surface area contributed by atoms with Gasteiger partial charge in [-0.15, -0.1) is 0 Å². The number of methoxy groups -OCH3 is 2. The summed E-state index contributed by atoms with van der Waals surface area (Å²) in [6.45, 7) is 0. The van der Waals surface area contributed by atoms with Crippen LogP contribution >= 0.6 is 0 Å². The first kappa shape index (κ1) is 11.2. The Labute approximate surface area is 85.8 Å². The van der Waals surface area contributed by atoms with Gasteiger partial charge in [0, 0.05) is 6.07 Å². The van der Waals surface area contributed by atoms with E-state index >= 15 is 0 Å². The molecule has 0 aliphatic carbocycles. The Hall–Kier alpha value is -1.83. The number of rotatable bonds is 3. The van der Waals surface area contributed by atoms with E-state index in [0.717, 1.165) is 6.07 Å². The van der Waals surface area contributed by atoms with Gasteiger partial charge < -0.3 is 9.47 Å². The van der Waals surface area contributed by atoms with Gasteiger partial charge in [-0.1, -0.05) is 0 Å². The van der Waals surface area contributed by atoms with E-state index in [-0.39, 0.29) is 22.6 Å². The van der Waals surface area contributed by atoms with E-state index in [2.05, 4.69) is 0 Å². The van der Waals surface area contributed by atoms with Gasteiger partial charge in [0.1, 0.15) is 0 Å². The summed E-state index contributed by atoms with van der Waals surface area (Å²) >= 11 is 0. The number of alkyl halides is 2. The molecule has 0 aromatic heterocycles. The van der Waals surface area contributed by atoms with Crippen LogP contribution in [0.5, 0.6) is 11.5 Å². The summed E-state index contributed by atoms with van der Waals surface area (Å²) in [4.78, 5) is 0. The quantitative estimate of drug-likeness (QED) is 0.774. The molecule has 0 aliphatic rings. The van der Waals surface area contributed by atoms with Gasteiger partial charge in [0.25, 0.3) is 6.43 Å². The second kappa shape index (κ2) is 4.60. The molecule has 15 heavy (non-hydrogen) atoms. The molecule has 0 saturated carbocycles. The van der Waals surface area contributed by atoms with Crippen molar-refractivity contribution < 1.29 is 18.3 Å². The number of nitriles is 1. The van der Waals surface area contributed by atoms with Gasteiger partial charge >= 0.3 is 0 Å². The van der Waals surface area contributed by atoms with Crippen molar-refractivity contribution in [3.63, 3.8) is 0 Å². The molecule has 0 radical (unpaired) electrons. The Morgan fingerprint density at radius 1 is 1.27 bits per heavy atom. The van der Waals surface area contributed by atoms with Gasteiger partial charge in [-0.2, -0.15) is 5.26 Å². The minimum absolute atomic E-state index is 0.0356. The third-order valence-electron chi connectivity index (χ3n) is 1.87. The van der Waals surface area contributed by atoms with E-state index < -0.39 is 6.43 Å². The number of hydrogen-bond acceptors (Lipinski definition) is 3. The third kappa shape index (κ3) is 2.15. The summed E-state index contributed by atoms with van der Waals surface area (Å²) < 4.78 is 34.9. The highest BCUT2D eigenvalue weighted by Crippen LogP contribution is 2.37. The van der Waals surface area contributed by atoms with Crippen molar-refractivity contribution in [1.29, 1.82) is 5.26 Å². The maximum atomic E-state index is 12.6. The fraction of sp³-hybridized carbons (Fsp3) is 0.300. The van der Waals surface area contributed by atoms with Crippen LogP contribution in [0.1, 0.15) is 17.6 Å². The molecule has 0 amide bonds. The second-order valence-electron chi connectivity index (χ2n) is 2.71. The Balaban J connectivity index is 3.40. The molecule has 1 aromatic rings. The van der Waals surface area contributed by atoms with Crippen LogP contribution in [0.25, 0.3) is 0 Å². The number of halogens is 2. The standard InChI is InChI=1S/C10H9F2NO2/c1-14-8-4-6(5-13)3-7(10(11)12)9(8)15-2/h3-4,10H,1-2H3. The maximum absolute atomic E-state index is 12.6. The highest BCUT2D eigenvalue weighted by Gasteiger charge is 2.19. The van der Waals surface area contributed by atoms with Crippen LogP contribution in [-0.2, 0) is 0 Å². The third-order valence-corrected chi connectivity index (χ3v) is 1.87. The van der Waals surface area contributed by atoms with Crippen LogP contribution in [0.3, 0.4) is 0 Å². The number of ether oxygens (including phenoxy) is 2. The van der Waals surface area contributed by atoms with Crippen LogP contribution in [0.2, 0.25) is 0 Å². The summed E-state index contributed by atoms with van der Waals surface area (Å²) in [5.74, 6) is 0.0957. The van der Waals surface area contributed by atoms with Crippen molar-refractivity contribution in [2.24, 2.45) is 0 Å². The molecule has 0 saturated heterocycles. The predicted octanol–water partition coefficient (Wildman–Crippen LogP) is 2.51. The van der Waals surface area contributed by atoms with Crippen molar-refractivity contribution in [3.8, 4) is 17.6 Å². The second-order valence-corrected chi connectivity index (χ2v) is 2.71. The minimum atomic E-state index is -2.71. The van der Waals surface area contributed by atoms with Gasteiger partial charge in [0.2, 0.25) is 0 Å².